The van der Waals surface area contributed by atoms with Crippen molar-refractivity contribution in [3.05, 3.63) is 0 Å². The van der Waals surface area contributed by atoms with E-state index in [0.717, 1.165) is 32.3 Å². The summed E-state index contributed by atoms with van der Waals surface area (Å²) in [5.74, 6) is 0.550. The lowest BCUT2D eigenvalue weighted by molar-refractivity contribution is -0.00524. The third-order valence-electron chi connectivity index (χ3n) is 3.65. The molecule has 1 rings (SSSR count). The first kappa shape index (κ1) is 17.9. The fraction of sp³-hybridized carbons (Fsp3) is 1.00. The molecule has 0 unspecified atom stereocenters. The van der Waals surface area contributed by atoms with Gasteiger partial charge >= 0.3 is 0 Å². The molecular formula is C14H29NO4S. The zero-order chi connectivity index (χ0) is 15.1. The molecule has 2 N–H and O–H groups in total. The molecule has 0 spiro atoms. The minimum atomic E-state index is -3.45. The van der Waals surface area contributed by atoms with E-state index in [-0.39, 0.29) is 11.2 Å². The van der Waals surface area contributed by atoms with E-state index in [9.17, 15) is 8.42 Å². The summed E-state index contributed by atoms with van der Waals surface area (Å²) in [6.07, 6.45) is 5.06. The molecule has 0 aromatic heterocycles. The number of hydrogen-bond donors (Lipinski definition) is 1. The van der Waals surface area contributed by atoms with Gasteiger partial charge in [-0.15, -0.1) is 0 Å². The van der Waals surface area contributed by atoms with Crippen molar-refractivity contribution in [1.82, 2.24) is 0 Å². The molecule has 1 aliphatic rings. The second-order valence-electron chi connectivity index (χ2n) is 6.39. The molecule has 0 amide bonds. The number of nitrogens with two attached hydrogens (primary N) is 1. The molecular weight excluding hydrogens is 278 g/mol. The van der Waals surface area contributed by atoms with Crippen molar-refractivity contribution in [3.8, 4) is 0 Å². The van der Waals surface area contributed by atoms with Crippen LogP contribution in [0.2, 0.25) is 0 Å². The molecule has 1 saturated carbocycles. The van der Waals surface area contributed by atoms with Crippen molar-refractivity contribution in [3.63, 3.8) is 0 Å². The molecule has 0 aromatic carbocycles. The number of primary sulfonamides is 1. The summed E-state index contributed by atoms with van der Waals surface area (Å²) in [6.45, 7) is 6.47. The van der Waals surface area contributed by atoms with Gasteiger partial charge in [0.1, 0.15) is 0 Å². The zero-order valence-electron chi connectivity index (χ0n) is 12.8. The van der Waals surface area contributed by atoms with E-state index >= 15 is 0 Å². The molecule has 5 nitrogen and oxygen atoms in total. The largest absolute Gasteiger partial charge is 0.379 e. The normalized spacial score (nSPS) is 19.4. The van der Waals surface area contributed by atoms with Gasteiger partial charge in [-0.1, -0.05) is 33.1 Å². The third-order valence-corrected chi connectivity index (χ3v) is 4.67. The van der Waals surface area contributed by atoms with Crippen molar-refractivity contribution in [1.29, 1.82) is 0 Å². The monoisotopic (exact) mass is 307 g/mol. The Labute approximate surface area is 123 Å². The molecule has 6 heteroatoms. The standard InChI is InChI=1S/C14H29NO4S/c1-13(2)10-18-8-9-19-11-14(12-20(15,16)17)6-4-3-5-7-14/h13H,3-12H2,1-2H3,(H2,15,16,17). The minimum Gasteiger partial charge on any atom is -0.379 e. The van der Waals surface area contributed by atoms with Crippen molar-refractivity contribution in [2.24, 2.45) is 16.5 Å². The van der Waals surface area contributed by atoms with E-state index in [1.165, 1.54) is 6.42 Å². The molecule has 0 bridgehead atoms. The van der Waals surface area contributed by atoms with Crippen LogP contribution in [0.5, 0.6) is 0 Å². The van der Waals surface area contributed by atoms with Gasteiger partial charge in [0.15, 0.2) is 0 Å². The first-order chi connectivity index (χ1) is 9.33. The van der Waals surface area contributed by atoms with Crippen LogP contribution in [-0.4, -0.2) is 40.6 Å². The zero-order valence-corrected chi connectivity index (χ0v) is 13.6. The van der Waals surface area contributed by atoms with Crippen LogP contribution < -0.4 is 5.14 Å². The predicted octanol–water partition coefficient (Wildman–Crippen LogP) is 1.91. The van der Waals surface area contributed by atoms with E-state index < -0.39 is 10.0 Å². The maximum absolute atomic E-state index is 11.4. The van der Waals surface area contributed by atoms with Crippen LogP contribution in [-0.2, 0) is 19.5 Å². The Morgan fingerprint density at radius 3 is 2.25 bits per heavy atom. The number of sulfonamides is 1. The molecule has 0 heterocycles. The predicted molar refractivity (Wildman–Crippen MR) is 80.0 cm³/mol. The molecule has 120 valence electrons. The van der Waals surface area contributed by atoms with E-state index in [1.807, 2.05) is 0 Å². The summed E-state index contributed by atoms with van der Waals surface area (Å²) in [4.78, 5) is 0. The van der Waals surface area contributed by atoms with E-state index in [0.29, 0.717) is 25.7 Å². The van der Waals surface area contributed by atoms with Crippen LogP contribution in [0, 0.1) is 11.3 Å². The van der Waals surface area contributed by atoms with Crippen molar-refractivity contribution in [2.75, 3.05) is 32.2 Å². The Kier molecular flexibility index (Phi) is 7.43. The molecule has 0 atom stereocenters. The molecule has 0 aromatic rings. The van der Waals surface area contributed by atoms with Gasteiger partial charge in [0, 0.05) is 12.0 Å². The lowest BCUT2D eigenvalue weighted by Crippen LogP contribution is -2.39. The average Bonchev–Trinajstić information content (AvgIpc) is 2.32. The first-order valence-corrected chi connectivity index (χ1v) is 9.20. The first-order valence-electron chi connectivity index (χ1n) is 7.49. The maximum atomic E-state index is 11.4. The lowest BCUT2D eigenvalue weighted by Gasteiger charge is -2.36. The van der Waals surface area contributed by atoms with Gasteiger partial charge < -0.3 is 9.47 Å². The van der Waals surface area contributed by atoms with Gasteiger partial charge in [-0.05, 0) is 18.8 Å². The summed E-state index contributed by atoms with van der Waals surface area (Å²) in [5.41, 5.74) is -0.288. The lowest BCUT2D eigenvalue weighted by atomic mass is 9.76. The fourth-order valence-corrected chi connectivity index (χ4v) is 4.01. The average molecular weight is 307 g/mol. The Bertz CT molecular complexity index is 361. The van der Waals surface area contributed by atoms with Crippen LogP contribution >= 0.6 is 0 Å². The summed E-state index contributed by atoms with van der Waals surface area (Å²) < 4.78 is 33.9. The minimum absolute atomic E-state index is 0.0346. The Morgan fingerprint density at radius 1 is 1.10 bits per heavy atom. The van der Waals surface area contributed by atoms with Gasteiger partial charge in [0.2, 0.25) is 10.0 Å². The van der Waals surface area contributed by atoms with E-state index in [2.05, 4.69) is 13.8 Å². The number of hydrogen-bond acceptors (Lipinski definition) is 4. The molecule has 0 saturated heterocycles. The quantitative estimate of drug-likeness (QED) is 0.660. The number of rotatable bonds is 9. The van der Waals surface area contributed by atoms with Crippen LogP contribution in [0.3, 0.4) is 0 Å². The second-order valence-corrected chi connectivity index (χ2v) is 8.00. The van der Waals surface area contributed by atoms with Gasteiger partial charge in [0.25, 0.3) is 0 Å². The molecule has 1 aliphatic carbocycles. The van der Waals surface area contributed by atoms with Gasteiger partial charge in [-0.2, -0.15) is 0 Å². The SMILES string of the molecule is CC(C)COCCOCC1(CS(N)(=O)=O)CCCCC1. The van der Waals surface area contributed by atoms with Crippen LogP contribution in [0.1, 0.15) is 46.0 Å². The Hall–Kier alpha value is -0.170. The molecule has 0 radical (unpaired) electrons. The Balaban J connectivity index is 2.34. The fourth-order valence-electron chi connectivity index (χ4n) is 2.78. The Morgan fingerprint density at radius 2 is 1.70 bits per heavy atom. The smallest absolute Gasteiger partial charge is 0.209 e. The molecule has 0 aliphatic heterocycles. The summed E-state index contributed by atoms with van der Waals surface area (Å²) in [5, 5.41) is 5.23. The van der Waals surface area contributed by atoms with E-state index in [4.69, 9.17) is 14.6 Å². The van der Waals surface area contributed by atoms with Gasteiger partial charge in [-0.25, -0.2) is 13.6 Å². The highest BCUT2D eigenvalue weighted by molar-refractivity contribution is 7.89. The van der Waals surface area contributed by atoms with Crippen molar-refractivity contribution >= 4 is 10.0 Å². The van der Waals surface area contributed by atoms with E-state index in [1.54, 1.807) is 0 Å². The summed E-state index contributed by atoms with van der Waals surface area (Å²) in [7, 11) is -3.45. The topological polar surface area (TPSA) is 78.6 Å². The van der Waals surface area contributed by atoms with Crippen molar-refractivity contribution in [2.45, 2.75) is 46.0 Å². The van der Waals surface area contributed by atoms with Gasteiger partial charge in [-0.3, -0.25) is 0 Å². The highest BCUT2D eigenvalue weighted by Crippen LogP contribution is 2.37. The molecule has 20 heavy (non-hydrogen) atoms. The highest BCUT2D eigenvalue weighted by atomic mass is 32.2. The summed E-state index contributed by atoms with van der Waals surface area (Å²) in [6, 6.07) is 0. The van der Waals surface area contributed by atoms with Crippen molar-refractivity contribution < 1.29 is 17.9 Å². The second kappa shape index (κ2) is 8.32. The van der Waals surface area contributed by atoms with Crippen LogP contribution in [0.4, 0.5) is 0 Å². The van der Waals surface area contributed by atoms with Crippen LogP contribution in [0.25, 0.3) is 0 Å². The van der Waals surface area contributed by atoms with Gasteiger partial charge in [0.05, 0.1) is 25.6 Å². The molecule has 1 fully saturated rings. The maximum Gasteiger partial charge on any atom is 0.209 e. The van der Waals surface area contributed by atoms with Crippen LogP contribution in [0.15, 0.2) is 0 Å². The number of ether oxygens (including phenoxy) is 2. The highest BCUT2D eigenvalue weighted by Gasteiger charge is 2.35. The third kappa shape index (κ3) is 7.57. The summed E-state index contributed by atoms with van der Waals surface area (Å²) >= 11 is 0.